The quantitative estimate of drug-likeness (QED) is 0.476. The Hall–Kier alpha value is 0.0439. The summed E-state index contributed by atoms with van der Waals surface area (Å²) in [4.78, 5) is 19.4. The fourth-order valence-corrected chi connectivity index (χ4v) is 0.106. The Morgan fingerprint density at radius 3 is 1.44 bits per heavy atom. The summed E-state index contributed by atoms with van der Waals surface area (Å²) in [6, 6.07) is 0. The van der Waals surface area contributed by atoms with Crippen molar-refractivity contribution in [2.24, 2.45) is 5.92 Å². The van der Waals surface area contributed by atoms with Crippen molar-refractivity contribution < 1.29 is 52.5 Å². The zero-order chi connectivity index (χ0) is 6.73. The molecular weight excluding hydrogens is 201 g/mol. The molecule has 0 aromatic heterocycles. The second-order valence-electron chi connectivity index (χ2n) is 1.23. The van der Waals surface area contributed by atoms with Crippen LogP contribution in [-0.2, 0) is 42.3 Å². The van der Waals surface area contributed by atoms with Crippen LogP contribution >= 0.6 is 0 Å². The summed E-state index contributed by atoms with van der Waals surface area (Å²) in [5, 5.41) is 15.8. The van der Waals surface area contributed by atoms with Crippen LogP contribution in [0.25, 0.3) is 0 Å². The minimum atomic E-state index is -1.55. The van der Waals surface area contributed by atoms with Crippen LogP contribution in [0.3, 0.4) is 0 Å². The van der Waals surface area contributed by atoms with Gasteiger partial charge in [0.05, 0.1) is 0 Å². The molecular formula is C4H5O4Y-. The maximum atomic E-state index is 9.70. The van der Waals surface area contributed by atoms with Gasteiger partial charge in [-0.15, -0.1) is 0 Å². The molecule has 0 aromatic rings. The van der Waals surface area contributed by atoms with Crippen molar-refractivity contribution in [2.75, 3.05) is 0 Å². The summed E-state index contributed by atoms with van der Waals surface area (Å²) in [7, 11) is 0. The second-order valence-corrected chi connectivity index (χ2v) is 1.23. The van der Waals surface area contributed by atoms with Crippen molar-refractivity contribution in [1.29, 1.82) is 0 Å². The first-order chi connectivity index (χ1) is 3.55. The molecule has 2 N–H and O–H groups in total. The molecule has 0 saturated heterocycles. The predicted octanol–water partition coefficient (Wildman–Crippen LogP) is -0.397. The van der Waals surface area contributed by atoms with Gasteiger partial charge in [-0.25, -0.2) is 0 Å². The van der Waals surface area contributed by atoms with E-state index in [4.69, 9.17) is 10.2 Å². The number of carboxylic acids is 2. The Bertz CT molecular complexity index is 108. The topological polar surface area (TPSA) is 74.6 Å². The fourth-order valence-electron chi connectivity index (χ4n) is 0.106. The third-order valence-electron chi connectivity index (χ3n) is 0.596. The summed E-state index contributed by atoms with van der Waals surface area (Å²) in [5.74, 6) is -4.38. The minimum Gasteiger partial charge on any atom is -0.483 e. The Labute approximate surface area is 77.1 Å². The van der Waals surface area contributed by atoms with Gasteiger partial charge in [0.15, 0.2) is 0 Å². The van der Waals surface area contributed by atoms with Crippen LogP contribution in [-0.4, -0.2) is 22.2 Å². The van der Waals surface area contributed by atoms with Gasteiger partial charge in [-0.05, 0) is 0 Å². The van der Waals surface area contributed by atoms with Gasteiger partial charge in [0.25, 0.3) is 11.9 Å². The molecule has 49 valence electrons. The SMILES string of the molecule is [CH2-]C(C(=O)O)C(=O)O.[Y]. The Morgan fingerprint density at radius 1 is 1.22 bits per heavy atom. The molecule has 0 fully saturated rings. The number of rotatable bonds is 2. The van der Waals surface area contributed by atoms with E-state index in [0.29, 0.717) is 0 Å². The summed E-state index contributed by atoms with van der Waals surface area (Å²) in [6.45, 7) is 2.84. The Kier molecular flexibility index (Phi) is 6.39. The van der Waals surface area contributed by atoms with E-state index in [1.165, 1.54) is 0 Å². The van der Waals surface area contributed by atoms with Gasteiger partial charge >= 0.3 is 0 Å². The molecule has 9 heavy (non-hydrogen) atoms. The smallest absolute Gasteiger partial charge is 0.286 e. The van der Waals surface area contributed by atoms with E-state index in [1.807, 2.05) is 0 Å². The van der Waals surface area contributed by atoms with E-state index >= 15 is 0 Å². The van der Waals surface area contributed by atoms with E-state index in [-0.39, 0.29) is 32.7 Å². The molecule has 0 atom stereocenters. The first-order valence-electron chi connectivity index (χ1n) is 1.84. The van der Waals surface area contributed by atoms with Gasteiger partial charge in [0.2, 0.25) is 0 Å². The van der Waals surface area contributed by atoms with Crippen molar-refractivity contribution in [3.8, 4) is 0 Å². The number of carboxylic acid groups (broad SMARTS) is 2. The summed E-state index contributed by atoms with van der Waals surface area (Å²) in [6.07, 6.45) is 0. The van der Waals surface area contributed by atoms with Crippen LogP contribution in [0.15, 0.2) is 0 Å². The third-order valence-corrected chi connectivity index (χ3v) is 0.596. The normalized spacial score (nSPS) is 8.22. The van der Waals surface area contributed by atoms with Crippen LogP contribution in [0.1, 0.15) is 0 Å². The first-order valence-corrected chi connectivity index (χ1v) is 1.84. The van der Waals surface area contributed by atoms with Crippen molar-refractivity contribution in [2.45, 2.75) is 0 Å². The van der Waals surface area contributed by atoms with Crippen molar-refractivity contribution in [1.82, 2.24) is 0 Å². The monoisotopic (exact) mass is 206 g/mol. The van der Waals surface area contributed by atoms with E-state index in [0.717, 1.165) is 0 Å². The molecule has 5 heteroatoms. The summed E-state index contributed by atoms with van der Waals surface area (Å²) in [5.41, 5.74) is 0. The van der Waals surface area contributed by atoms with E-state index in [2.05, 4.69) is 6.92 Å². The number of carbonyl (C=O) groups is 2. The van der Waals surface area contributed by atoms with Gasteiger partial charge in [-0.2, -0.15) is 0 Å². The first kappa shape index (κ1) is 11.8. The van der Waals surface area contributed by atoms with Gasteiger partial charge < -0.3 is 17.1 Å². The van der Waals surface area contributed by atoms with Crippen molar-refractivity contribution in [3.63, 3.8) is 0 Å². The molecule has 4 nitrogen and oxygen atoms in total. The van der Waals surface area contributed by atoms with Crippen LogP contribution in [0.2, 0.25) is 0 Å². The fraction of sp³-hybridized carbons (Fsp3) is 0.250. The molecule has 0 heterocycles. The zero-order valence-electron chi connectivity index (χ0n) is 4.57. The average Bonchev–Trinajstić information content (AvgIpc) is 1.64. The van der Waals surface area contributed by atoms with Crippen LogP contribution in [0.4, 0.5) is 0 Å². The summed E-state index contributed by atoms with van der Waals surface area (Å²) >= 11 is 0. The zero-order valence-corrected chi connectivity index (χ0v) is 7.41. The molecule has 0 saturated carbocycles. The standard InChI is InChI=1S/C4H5O4.Y/c1-2(3(5)6)4(7)8;/h2H,1H2,(H,5,6)(H,7,8);/q-1;. The van der Waals surface area contributed by atoms with Gasteiger partial charge in [0, 0.05) is 38.6 Å². The molecule has 0 rings (SSSR count). The summed E-state index contributed by atoms with van der Waals surface area (Å²) < 4.78 is 0. The predicted molar refractivity (Wildman–Crippen MR) is 24.1 cm³/mol. The molecule has 1 radical (unpaired) electrons. The van der Waals surface area contributed by atoms with E-state index in [9.17, 15) is 9.59 Å². The Morgan fingerprint density at radius 2 is 1.44 bits per heavy atom. The maximum Gasteiger partial charge on any atom is 0.286 e. The molecule has 0 aliphatic heterocycles. The molecule has 0 bridgehead atoms. The third kappa shape index (κ3) is 4.54. The molecule has 0 unspecified atom stereocenters. The molecule has 0 aliphatic carbocycles. The maximum absolute atomic E-state index is 9.70. The van der Waals surface area contributed by atoms with Crippen molar-refractivity contribution >= 4 is 11.9 Å². The average molecular weight is 206 g/mol. The minimum absolute atomic E-state index is 0. The van der Waals surface area contributed by atoms with Crippen molar-refractivity contribution in [3.05, 3.63) is 6.92 Å². The molecule has 0 amide bonds. The van der Waals surface area contributed by atoms with Crippen LogP contribution in [0.5, 0.6) is 0 Å². The second kappa shape index (κ2) is 4.88. The largest absolute Gasteiger partial charge is 0.483 e. The number of hydrogen-bond acceptors (Lipinski definition) is 2. The molecule has 0 aliphatic rings. The Balaban J connectivity index is 0. The molecule has 0 spiro atoms. The van der Waals surface area contributed by atoms with E-state index < -0.39 is 17.9 Å². The molecule has 0 aromatic carbocycles. The van der Waals surface area contributed by atoms with Crippen LogP contribution in [0, 0.1) is 12.8 Å². The van der Waals surface area contributed by atoms with Crippen LogP contribution < -0.4 is 0 Å². The van der Waals surface area contributed by atoms with E-state index in [1.54, 1.807) is 0 Å². The van der Waals surface area contributed by atoms with Gasteiger partial charge in [0.1, 0.15) is 0 Å². The number of hydrogen-bond donors (Lipinski definition) is 2. The number of aliphatic carboxylic acids is 2. The van der Waals surface area contributed by atoms with Gasteiger partial charge in [-0.3, -0.25) is 9.59 Å². The van der Waals surface area contributed by atoms with Gasteiger partial charge in [-0.1, -0.05) is 0 Å².